The van der Waals surface area contributed by atoms with E-state index in [0.29, 0.717) is 0 Å². The molecule has 0 bridgehead atoms. The number of rotatable bonds is 3. The number of aryl methyl sites for hydroxylation is 1. The van der Waals surface area contributed by atoms with Crippen molar-refractivity contribution in [1.29, 1.82) is 0 Å². The van der Waals surface area contributed by atoms with E-state index in [1.54, 1.807) is 6.64 Å². The Hall–Kier alpha value is -0.690. The predicted molar refractivity (Wildman–Crippen MR) is 77.7 cm³/mol. The Balaban J connectivity index is 2.39. The molecule has 0 aliphatic rings. The normalized spacial score (nSPS) is 10.6. The number of benzene rings is 2. The minimum atomic E-state index is -1.83. The standard InChI is InChI=1S/C7H7.C6H5.C3H7.In/c1-7-5-3-2-4-6-7;1-2-4-6-5-3-1;1-3-2;/h3-6H,1H3;1-5H;3H,1-2H3;. The van der Waals surface area contributed by atoms with Crippen LogP contribution in [0.3, 0.4) is 0 Å². The fourth-order valence-corrected chi connectivity index (χ4v) is 11.4. The van der Waals surface area contributed by atoms with Crippen LogP contribution >= 0.6 is 0 Å². The zero-order valence-electron chi connectivity index (χ0n) is 10.9. The first-order chi connectivity index (χ1) is 8.18. The van der Waals surface area contributed by atoms with Crippen molar-refractivity contribution >= 4 is 28.1 Å². The first kappa shape index (κ1) is 12.8. The Bertz CT molecular complexity index is 457. The molecule has 0 heterocycles. The summed E-state index contributed by atoms with van der Waals surface area (Å²) in [6, 6.07) is 20.3. The molecule has 0 unspecified atom stereocenters. The second-order valence-electron chi connectivity index (χ2n) is 5.04. The van der Waals surface area contributed by atoms with Gasteiger partial charge >= 0.3 is 113 Å². The van der Waals surface area contributed by atoms with Crippen LogP contribution in [-0.4, -0.2) is 21.4 Å². The summed E-state index contributed by atoms with van der Waals surface area (Å²) in [4.78, 5) is 0. The third kappa shape index (κ3) is 3.16. The summed E-state index contributed by atoms with van der Waals surface area (Å²) >= 11 is -1.83. The van der Waals surface area contributed by atoms with Gasteiger partial charge in [-0.05, 0) is 0 Å². The molecule has 0 amide bonds. The third-order valence-electron chi connectivity index (χ3n) is 3.26. The van der Waals surface area contributed by atoms with Crippen molar-refractivity contribution in [2.75, 3.05) is 0 Å². The van der Waals surface area contributed by atoms with Crippen LogP contribution in [0.4, 0.5) is 0 Å². The van der Waals surface area contributed by atoms with E-state index in [0.717, 1.165) is 3.67 Å². The van der Waals surface area contributed by atoms with E-state index in [9.17, 15) is 0 Å². The van der Waals surface area contributed by atoms with E-state index < -0.39 is 21.4 Å². The van der Waals surface area contributed by atoms with Gasteiger partial charge in [0.25, 0.3) is 0 Å². The second-order valence-corrected chi connectivity index (χ2v) is 15.4. The molecule has 0 spiro atoms. The molecule has 0 N–H and O–H groups in total. The fourth-order valence-electron chi connectivity index (χ4n) is 2.40. The predicted octanol–water partition coefficient (Wildman–Crippen LogP) is 3.01. The maximum atomic E-state index is 2.38. The maximum absolute atomic E-state index is 2.38. The quantitative estimate of drug-likeness (QED) is 0.813. The summed E-state index contributed by atoms with van der Waals surface area (Å²) in [5, 5.41) is 0. The van der Waals surface area contributed by atoms with Gasteiger partial charge in [0.2, 0.25) is 0 Å². The van der Waals surface area contributed by atoms with Gasteiger partial charge in [0.05, 0.1) is 0 Å². The summed E-state index contributed by atoms with van der Waals surface area (Å²) in [7, 11) is 0. The zero-order valence-corrected chi connectivity index (χ0v) is 14.1. The molecule has 2 aromatic rings. The summed E-state index contributed by atoms with van der Waals surface area (Å²) in [6.45, 7) is 6.92. The monoisotopic (exact) mass is 326 g/mol. The van der Waals surface area contributed by atoms with Crippen LogP contribution in [0.1, 0.15) is 19.4 Å². The van der Waals surface area contributed by atoms with Crippen LogP contribution in [0.2, 0.25) is 3.67 Å². The Labute approximate surface area is 112 Å². The third-order valence-corrected chi connectivity index (χ3v) is 13.4. The van der Waals surface area contributed by atoms with Gasteiger partial charge in [-0.2, -0.15) is 0 Å². The van der Waals surface area contributed by atoms with Gasteiger partial charge in [-0.15, -0.1) is 0 Å². The molecule has 1 heteroatoms. The number of hydrogen-bond acceptors (Lipinski definition) is 0. The van der Waals surface area contributed by atoms with Gasteiger partial charge in [-0.3, -0.25) is 0 Å². The molecule has 0 atom stereocenters. The van der Waals surface area contributed by atoms with Crippen LogP contribution in [0.5, 0.6) is 0 Å². The molecule has 2 rings (SSSR count). The molecule has 86 valence electrons. The minimum absolute atomic E-state index is 0.821. The Kier molecular flexibility index (Phi) is 4.33. The van der Waals surface area contributed by atoms with Crippen molar-refractivity contribution in [3.8, 4) is 0 Å². The van der Waals surface area contributed by atoms with Crippen molar-refractivity contribution in [3.05, 3.63) is 60.2 Å². The van der Waals surface area contributed by atoms with E-state index in [2.05, 4.69) is 75.4 Å². The summed E-state index contributed by atoms with van der Waals surface area (Å²) in [5.41, 5.74) is 1.36. The molecule has 0 fully saturated rings. The van der Waals surface area contributed by atoms with E-state index >= 15 is 0 Å². The van der Waals surface area contributed by atoms with Crippen molar-refractivity contribution in [1.82, 2.24) is 0 Å². The van der Waals surface area contributed by atoms with Gasteiger partial charge in [0.1, 0.15) is 0 Å². The van der Waals surface area contributed by atoms with Crippen LogP contribution in [0.15, 0.2) is 54.6 Å². The molecule has 0 saturated carbocycles. The van der Waals surface area contributed by atoms with Gasteiger partial charge in [-0.25, -0.2) is 0 Å². The first-order valence-corrected chi connectivity index (χ1v) is 11.5. The van der Waals surface area contributed by atoms with Crippen LogP contribution in [-0.2, 0) is 0 Å². The van der Waals surface area contributed by atoms with Crippen LogP contribution in [0.25, 0.3) is 0 Å². The summed E-state index contributed by atoms with van der Waals surface area (Å²) < 4.78 is 4.06. The van der Waals surface area contributed by atoms with Gasteiger partial charge < -0.3 is 0 Å². The van der Waals surface area contributed by atoms with Crippen molar-refractivity contribution in [2.24, 2.45) is 0 Å². The average molecular weight is 326 g/mol. The molecule has 0 nitrogen and oxygen atoms in total. The van der Waals surface area contributed by atoms with Crippen LogP contribution < -0.4 is 6.64 Å². The topological polar surface area (TPSA) is 0 Å². The summed E-state index contributed by atoms with van der Waals surface area (Å²) in [5.74, 6) is 0. The number of hydrogen-bond donors (Lipinski definition) is 0. The molecular weight excluding hydrogens is 307 g/mol. The zero-order chi connectivity index (χ0) is 12.3. The average Bonchev–Trinajstić information content (AvgIpc) is 2.33. The Morgan fingerprint density at radius 2 is 1.29 bits per heavy atom. The van der Waals surface area contributed by atoms with E-state index in [4.69, 9.17) is 0 Å². The van der Waals surface area contributed by atoms with Gasteiger partial charge in [-0.1, -0.05) is 0 Å². The first-order valence-electron chi connectivity index (χ1n) is 6.30. The van der Waals surface area contributed by atoms with E-state index in [-0.39, 0.29) is 0 Å². The van der Waals surface area contributed by atoms with Gasteiger partial charge in [0, 0.05) is 0 Å². The summed E-state index contributed by atoms with van der Waals surface area (Å²) in [6.07, 6.45) is 0. The fraction of sp³-hybridized carbons (Fsp3) is 0.250. The molecule has 0 aliphatic carbocycles. The molecule has 17 heavy (non-hydrogen) atoms. The Morgan fingerprint density at radius 3 is 1.82 bits per heavy atom. The van der Waals surface area contributed by atoms with Crippen LogP contribution in [0, 0.1) is 6.92 Å². The second kappa shape index (κ2) is 5.77. The van der Waals surface area contributed by atoms with Crippen molar-refractivity contribution < 1.29 is 0 Å². The van der Waals surface area contributed by atoms with Crippen molar-refractivity contribution in [2.45, 2.75) is 24.4 Å². The molecule has 0 saturated heterocycles. The molecule has 2 aromatic carbocycles. The molecule has 0 aliphatic heterocycles. The SMILES string of the molecule is Cc1cc[c]([In]([c]2ccccc2)[CH](C)C)cc1. The van der Waals surface area contributed by atoms with E-state index in [1.807, 2.05) is 0 Å². The Morgan fingerprint density at radius 1 is 0.765 bits per heavy atom. The molecule has 0 aromatic heterocycles. The van der Waals surface area contributed by atoms with Crippen molar-refractivity contribution in [3.63, 3.8) is 0 Å². The molecule has 0 radical (unpaired) electrons. The van der Waals surface area contributed by atoms with E-state index in [1.165, 1.54) is 5.56 Å². The van der Waals surface area contributed by atoms with Gasteiger partial charge in [0.15, 0.2) is 0 Å². The molecular formula is C16H19In.